The number of methoxy groups -OCH3 is 1. The van der Waals surface area contributed by atoms with Crippen LogP contribution in [-0.4, -0.2) is 41.9 Å². The Morgan fingerprint density at radius 3 is 2.69 bits per heavy atom. The van der Waals surface area contributed by atoms with Crippen molar-refractivity contribution in [2.75, 3.05) is 25.1 Å². The first-order chi connectivity index (χ1) is 13.9. The maximum absolute atomic E-state index is 15.3. The Hall–Kier alpha value is -2.61. The highest BCUT2D eigenvalue weighted by Crippen LogP contribution is 2.44. The van der Waals surface area contributed by atoms with Crippen LogP contribution in [0.25, 0.3) is 10.9 Å². The summed E-state index contributed by atoms with van der Waals surface area (Å²) in [5.41, 5.74) is 5.98. The normalized spacial score (nSPS) is 21.7. The van der Waals surface area contributed by atoms with Gasteiger partial charge in [0.2, 0.25) is 5.43 Å². The molecule has 1 aliphatic carbocycles. The van der Waals surface area contributed by atoms with Gasteiger partial charge < -0.3 is 25.0 Å². The summed E-state index contributed by atoms with van der Waals surface area (Å²) in [5, 5.41) is 9.45. The number of nitrogens with zero attached hydrogens (tertiary/aromatic N) is 2. The lowest BCUT2D eigenvalue weighted by atomic mass is 9.99. The van der Waals surface area contributed by atoms with Crippen molar-refractivity contribution >= 4 is 22.6 Å². The number of hydrogen-bond acceptors (Lipinski definition) is 5. The largest absolute Gasteiger partial charge is 0.492 e. The second kappa shape index (κ2) is 7.33. The molecule has 2 heterocycles. The maximum atomic E-state index is 15.3. The van der Waals surface area contributed by atoms with E-state index < -0.39 is 17.2 Å². The summed E-state index contributed by atoms with van der Waals surface area (Å²) in [6.45, 7) is 3.22. The molecule has 0 radical (unpaired) electrons. The number of ether oxygens (including phenoxy) is 1. The number of carboxylic acids is 1. The van der Waals surface area contributed by atoms with Crippen molar-refractivity contribution in [1.29, 1.82) is 0 Å². The fourth-order valence-corrected chi connectivity index (χ4v) is 4.48. The molecule has 0 spiro atoms. The number of fused-ring (bicyclic) bond motifs is 1. The first-order valence-corrected chi connectivity index (χ1v) is 10.1. The number of halogens is 1. The second-order valence-corrected chi connectivity index (χ2v) is 8.07. The lowest BCUT2D eigenvalue weighted by Crippen LogP contribution is -2.30. The van der Waals surface area contributed by atoms with Crippen LogP contribution in [0.15, 0.2) is 17.1 Å². The maximum Gasteiger partial charge on any atom is 0.341 e. The molecule has 2 aromatic rings. The zero-order chi connectivity index (χ0) is 20.9. The standard InChI is InChI=1S/C21H26FN3O4/c1-3-4-11-8-24(10-16(11)23)18-15(22)7-13-17(20(18)29-2)25(12-5-6-12)9-14(19(13)26)21(27)28/h7,9,11-12,16H,3-6,8,10,23H2,1-2H3,(H,27,28)/t11-,16+/m0/s1. The van der Waals surface area contributed by atoms with E-state index in [1.54, 1.807) is 4.57 Å². The van der Waals surface area contributed by atoms with Gasteiger partial charge in [0.05, 0.1) is 18.0 Å². The lowest BCUT2D eigenvalue weighted by Gasteiger charge is -2.24. The van der Waals surface area contributed by atoms with E-state index in [9.17, 15) is 14.7 Å². The molecule has 0 amide bonds. The minimum absolute atomic E-state index is 0.0310. The lowest BCUT2D eigenvalue weighted by molar-refractivity contribution is 0.0695. The molecule has 29 heavy (non-hydrogen) atoms. The summed E-state index contributed by atoms with van der Waals surface area (Å²) in [4.78, 5) is 26.2. The monoisotopic (exact) mass is 403 g/mol. The summed E-state index contributed by atoms with van der Waals surface area (Å²) < 4.78 is 22.7. The number of carbonyl (C=O) groups is 1. The summed E-state index contributed by atoms with van der Waals surface area (Å²) in [6.07, 6.45) is 5.08. The fourth-order valence-electron chi connectivity index (χ4n) is 4.48. The van der Waals surface area contributed by atoms with Crippen molar-refractivity contribution in [3.8, 4) is 5.75 Å². The first-order valence-electron chi connectivity index (χ1n) is 10.1. The van der Waals surface area contributed by atoms with Gasteiger partial charge >= 0.3 is 5.97 Å². The molecule has 8 heteroatoms. The number of pyridine rings is 1. The van der Waals surface area contributed by atoms with E-state index in [-0.39, 0.29) is 34.7 Å². The highest BCUT2D eigenvalue weighted by atomic mass is 19.1. The Labute approximate surface area is 167 Å². The van der Waals surface area contributed by atoms with E-state index in [1.807, 2.05) is 4.90 Å². The van der Waals surface area contributed by atoms with Crippen LogP contribution in [-0.2, 0) is 0 Å². The van der Waals surface area contributed by atoms with Gasteiger partial charge in [-0.3, -0.25) is 4.79 Å². The smallest absolute Gasteiger partial charge is 0.341 e. The molecule has 7 nitrogen and oxygen atoms in total. The van der Waals surface area contributed by atoms with E-state index >= 15 is 4.39 Å². The van der Waals surface area contributed by atoms with E-state index in [1.165, 1.54) is 13.3 Å². The highest BCUT2D eigenvalue weighted by molar-refractivity contribution is 5.97. The van der Waals surface area contributed by atoms with Crippen LogP contribution in [0.5, 0.6) is 5.75 Å². The zero-order valence-electron chi connectivity index (χ0n) is 16.7. The zero-order valence-corrected chi connectivity index (χ0v) is 16.7. The van der Waals surface area contributed by atoms with Gasteiger partial charge in [-0.2, -0.15) is 0 Å². The predicted octanol–water partition coefficient (Wildman–Crippen LogP) is 2.75. The molecule has 3 N–H and O–H groups in total. The predicted molar refractivity (Wildman–Crippen MR) is 109 cm³/mol. The topological polar surface area (TPSA) is 97.8 Å². The summed E-state index contributed by atoms with van der Waals surface area (Å²) >= 11 is 0. The Balaban J connectivity index is 1.95. The number of benzene rings is 1. The third-order valence-corrected chi connectivity index (χ3v) is 6.04. The number of anilines is 1. The van der Waals surface area contributed by atoms with E-state index in [0.717, 1.165) is 31.7 Å². The van der Waals surface area contributed by atoms with Crippen LogP contribution < -0.4 is 20.8 Å². The van der Waals surface area contributed by atoms with Gasteiger partial charge in [-0.05, 0) is 31.2 Å². The van der Waals surface area contributed by atoms with Crippen LogP contribution in [0.2, 0.25) is 0 Å². The molecule has 1 aromatic carbocycles. The van der Waals surface area contributed by atoms with Crippen molar-refractivity contribution in [3.63, 3.8) is 0 Å². The van der Waals surface area contributed by atoms with E-state index in [4.69, 9.17) is 10.5 Å². The molecule has 2 fully saturated rings. The second-order valence-electron chi connectivity index (χ2n) is 8.07. The Morgan fingerprint density at radius 1 is 1.38 bits per heavy atom. The number of hydrogen-bond donors (Lipinski definition) is 2. The van der Waals surface area contributed by atoms with Crippen molar-refractivity contribution in [2.45, 2.75) is 44.7 Å². The third kappa shape index (κ3) is 3.25. The first kappa shape index (κ1) is 19.7. The number of rotatable bonds is 6. The summed E-state index contributed by atoms with van der Waals surface area (Å²) in [5.74, 6) is -1.38. The fraction of sp³-hybridized carbons (Fsp3) is 0.524. The average molecular weight is 403 g/mol. The van der Waals surface area contributed by atoms with Gasteiger partial charge in [-0.25, -0.2) is 9.18 Å². The Morgan fingerprint density at radius 2 is 2.10 bits per heavy atom. The number of aromatic nitrogens is 1. The van der Waals surface area contributed by atoms with Crippen molar-refractivity contribution < 1.29 is 19.0 Å². The van der Waals surface area contributed by atoms with Crippen molar-refractivity contribution in [3.05, 3.63) is 33.9 Å². The average Bonchev–Trinajstić information content (AvgIpc) is 3.45. The Kier molecular flexibility index (Phi) is 4.98. The quantitative estimate of drug-likeness (QED) is 0.770. The SMILES string of the molecule is CCC[C@H]1CN(c2c(F)cc3c(=O)c(C(=O)O)cn(C4CC4)c3c2OC)C[C@H]1N. The molecular formula is C21H26FN3O4. The van der Waals surface area contributed by atoms with Gasteiger partial charge in [0.25, 0.3) is 0 Å². The molecular weight excluding hydrogens is 377 g/mol. The molecule has 1 saturated heterocycles. The summed E-state index contributed by atoms with van der Waals surface area (Å²) in [6, 6.07) is 1.17. The third-order valence-electron chi connectivity index (χ3n) is 6.04. The highest BCUT2D eigenvalue weighted by Gasteiger charge is 2.35. The number of carboxylic acid groups (broad SMARTS) is 1. The van der Waals surface area contributed by atoms with Crippen LogP contribution in [0.1, 0.15) is 49.0 Å². The molecule has 1 aliphatic heterocycles. The molecule has 2 aliphatic rings. The van der Waals surface area contributed by atoms with Crippen molar-refractivity contribution in [2.24, 2.45) is 11.7 Å². The number of aromatic carboxylic acids is 1. The molecule has 0 unspecified atom stereocenters. The van der Waals surface area contributed by atoms with Gasteiger partial charge in [-0.1, -0.05) is 13.3 Å². The van der Waals surface area contributed by atoms with Crippen molar-refractivity contribution in [1.82, 2.24) is 4.57 Å². The van der Waals surface area contributed by atoms with Gasteiger partial charge in [0.1, 0.15) is 11.3 Å². The molecule has 2 atom stereocenters. The summed E-state index contributed by atoms with van der Waals surface area (Å²) in [7, 11) is 1.45. The Bertz CT molecular complexity index is 1030. The number of nitrogens with two attached hydrogens (primary N) is 1. The van der Waals surface area contributed by atoms with Crippen LogP contribution in [0.3, 0.4) is 0 Å². The van der Waals surface area contributed by atoms with E-state index in [2.05, 4.69) is 6.92 Å². The molecule has 4 rings (SSSR count). The minimum atomic E-state index is -1.32. The molecule has 1 saturated carbocycles. The van der Waals surface area contributed by atoms with E-state index in [0.29, 0.717) is 24.3 Å². The molecule has 1 aromatic heterocycles. The van der Waals surface area contributed by atoms with Crippen LogP contribution >= 0.6 is 0 Å². The van der Waals surface area contributed by atoms with Gasteiger partial charge in [0.15, 0.2) is 11.6 Å². The minimum Gasteiger partial charge on any atom is -0.492 e. The van der Waals surface area contributed by atoms with Crippen LogP contribution in [0.4, 0.5) is 10.1 Å². The van der Waals surface area contributed by atoms with Crippen LogP contribution in [0, 0.1) is 11.7 Å². The van der Waals surface area contributed by atoms with Gasteiger partial charge in [-0.15, -0.1) is 0 Å². The van der Waals surface area contributed by atoms with Gasteiger partial charge in [0, 0.05) is 31.4 Å². The molecule has 0 bridgehead atoms. The molecule has 156 valence electrons.